The van der Waals surface area contributed by atoms with E-state index in [1.54, 1.807) is 0 Å². The predicted octanol–water partition coefficient (Wildman–Crippen LogP) is 3.15. The number of carbonyl (C=O) groups excluding carboxylic acids is 1. The van der Waals surface area contributed by atoms with E-state index in [0.717, 1.165) is 36.5 Å². The predicted molar refractivity (Wildman–Crippen MR) is 97.5 cm³/mol. The van der Waals surface area contributed by atoms with E-state index in [1.807, 2.05) is 23.0 Å². The second kappa shape index (κ2) is 6.81. The first-order valence-electron chi connectivity index (χ1n) is 9.01. The van der Waals surface area contributed by atoms with Crippen LogP contribution in [0, 0.1) is 0 Å². The number of aromatic nitrogens is 2. The molecule has 1 fully saturated rings. The molecule has 1 aliphatic carbocycles. The van der Waals surface area contributed by atoms with Crippen molar-refractivity contribution in [1.82, 2.24) is 20.4 Å². The van der Waals surface area contributed by atoms with Gasteiger partial charge in [-0.25, -0.2) is 0 Å². The highest BCUT2D eigenvalue weighted by molar-refractivity contribution is 6.30. The Kier molecular flexibility index (Phi) is 4.52. The number of piperidine rings is 1. The molecule has 25 heavy (non-hydrogen) atoms. The van der Waals surface area contributed by atoms with Crippen LogP contribution in [0.1, 0.15) is 55.1 Å². The lowest BCUT2D eigenvalue weighted by atomic mass is 9.93. The van der Waals surface area contributed by atoms with Gasteiger partial charge in [0, 0.05) is 36.3 Å². The lowest BCUT2D eigenvalue weighted by molar-refractivity contribution is -0.124. The molecule has 5 nitrogen and oxygen atoms in total. The molecule has 0 saturated carbocycles. The quantitative estimate of drug-likeness (QED) is 0.882. The fourth-order valence-electron chi connectivity index (χ4n) is 4.15. The second-order valence-corrected chi connectivity index (χ2v) is 7.30. The molecule has 1 aromatic heterocycles. The molecule has 3 unspecified atom stereocenters. The van der Waals surface area contributed by atoms with Gasteiger partial charge < -0.3 is 10.6 Å². The summed E-state index contributed by atoms with van der Waals surface area (Å²) >= 11 is 6.13. The third-order valence-electron chi connectivity index (χ3n) is 5.37. The number of amides is 1. The van der Waals surface area contributed by atoms with Crippen LogP contribution in [0.2, 0.25) is 5.02 Å². The Morgan fingerprint density at radius 3 is 3.04 bits per heavy atom. The zero-order chi connectivity index (χ0) is 17.4. The molecule has 132 valence electrons. The van der Waals surface area contributed by atoms with E-state index in [1.165, 1.54) is 11.1 Å². The summed E-state index contributed by atoms with van der Waals surface area (Å²) in [7, 11) is 0. The van der Waals surface area contributed by atoms with Crippen LogP contribution >= 0.6 is 11.6 Å². The van der Waals surface area contributed by atoms with Gasteiger partial charge in [0.15, 0.2) is 0 Å². The largest absolute Gasteiger partial charge is 0.346 e. The molecule has 2 aliphatic rings. The number of halogens is 1. The minimum atomic E-state index is -0.0416. The average molecular weight is 359 g/mol. The lowest BCUT2D eigenvalue weighted by Gasteiger charge is -2.35. The highest BCUT2D eigenvalue weighted by atomic mass is 35.5. The monoisotopic (exact) mass is 358 g/mol. The first-order valence-corrected chi connectivity index (χ1v) is 9.39. The summed E-state index contributed by atoms with van der Waals surface area (Å²) in [5, 5.41) is 12.1. The first kappa shape index (κ1) is 16.6. The number of hydrogen-bond acceptors (Lipinski definition) is 3. The van der Waals surface area contributed by atoms with Crippen molar-refractivity contribution < 1.29 is 4.79 Å². The van der Waals surface area contributed by atoms with Crippen LogP contribution in [0.3, 0.4) is 0 Å². The summed E-state index contributed by atoms with van der Waals surface area (Å²) in [6.07, 6.45) is 5.33. The lowest BCUT2D eigenvalue weighted by Crippen LogP contribution is -2.49. The van der Waals surface area contributed by atoms with Crippen molar-refractivity contribution in [2.45, 2.75) is 57.3 Å². The SMILES string of the molecule is CCn1nccc1C1NC(=O)CCC1NC1CCc2cc(Cl)ccc21. The van der Waals surface area contributed by atoms with Crippen molar-refractivity contribution in [1.29, 1.82) is 0 Å². The smallest absolute Gasteiger partial charge is 0.220 e. The van der Waals surface area contributed by atoms with Gasteiger partial charge in [0.05, 0.1) is 11.7 Å². The topological polar surface area (TPSA) is 59.0 Å². The van der Waals surface area contributed by atoms with Crippen molar-refractivity contribution >= 4 is 17.5 Å². The molecule has 2 heterocycles. The Labute approximate surface area is 152 Å². The molecule has 2 N–H and O–H groups in total. The third kappa shape index (κ3) is 3.18. The van der Waals surface area contributed by atoms with Gasteiger partial charge in [0.1, 0.15) is 0 Å². The van der Waals surface area contributed by atoms with Crippen LogP contribution in [0.25, 0.3) is 0 Å². The highest BCUT2D eigenvalue weighted by Gasteiger charge is 2.34. The second-order valence-electron chi connectivity index (χ2n) is 6.86. The van der Waals surface area contributed by atoms with E-state index in [4.69, 9.17) is 11.6 Å². The fraction of sp³-hybridized carbons (Fsp3) is 0.474. The van der Waals surface area contributed by atoms with Crippen molar-refractivity contribution in [3.63, 3.8) is 0 Å². The zero-order valence-electron chi connectivity index (χ0n) is 14.3. The molecular weight excluding hydrogens is 336 g/mol. The summed E-state index contributed by atoms with van der Waals surface area (Å²) in [4.78, 5) is 12.0. The standard InChI is InChI=1S/C19H23ClN4O/c1-2-24-17(9-10-21-24)19-16(7-8-18(25)23-19)22-15-6-3-12-11-13(20)4-5-14(12)15/h4-5,9-11,15-16,19,22H,2-3,6-8H2,1H3,(H,23,25). The molecule has 3 atom stereocenters. The van der Waals surface area contributed by atoms with E-state index >= 15 is 0 Å². The molecule has 4 rings (SSSR count). The summed E-state index contributed by atoms with van der Waals surface area (Å²) in [5.74, 6) is 0.116. The minimum absolute atomic E-state index is 0.0416. The Morgan fingerprint density at radius 1 is 1.32 bits per heavy atom. The molecule has 1 aliphatic heterocycles. The number of benzene rings is 1. The number of fused-ring (bicyclic) bond motifs is 1. The highest BCUT2D eigenvalue weighted by Crippen LogP contribution is 2.35. The number of aryl methyl sites for hydroxylation is 2. The van der Waals surface area contributed by atoms with Gasteiger partial charge in [-0.15, -0.1) is 0 Å². The Bertz CT molecular complexity index is 787. The molecular formula is C19H23ClN4O. The molecule has 1 amide bonds. The van der Waals surface area contributed by atoms with E-state index in [9.17, 15) is 4.79 Å². The number of nitrogens with zero attached hydrogens (tertiary/aromatic N) is 2. The first-order chi connectivity index (χ1) is 12.2. The molecule has 2 aromatic rings. The molecule has 6 heteroatoms. The Morgan fingerprint density at radius 2 is 2.20 bits per heavy atom. The van der Waals surface area contributed by atoms with Gasteiger partial charge in [-0.05, 0) is 55.5 Å². The van der Waals surface area contributed by atoms with E-state index in [-0.39, 0.29) is 18.0 Å². The van der Waals surface area contributed by atoms with Crippen molar-refractivity contribution in [3.8, 4) is 0 Å². The van der Waals surface area contributed by atoms with E-state index in [0.29, 0.717) is 12.5 Å². The number of nitrogens with one attached hydrogen (secondary N) is 2. The summed E-state index contributed by atoms with van der Waals surface area (Å²) in [6, 6.07) is 8.66. The van der Waals surface area contributed by atoms with Gasteiger partial charge in [-0.2, -0.15) is 5.10 Å². The maximum Gasteiger partial charge on any atom is 0.220 e. The normalized spacial score (nSPS) is 25.7. The van der Waals surface area contributed by atoms with Crippen LogP contribution < -0.4 is 10.6 Å². The summed E-state index contributed by atoms with van der Waals surface area (Å²) < 4.78 is 1.97. The van der Waals surface area contributed by atoms with Gasteiger partial charge in [-0.1, -0.05) is 17.7 Å². The Hall–Kier alpha value is -1.85. The number of hydrogen-bond donors (Lipinski definition) is 2. The van der Waals surface area contributed by atoms with Crippen molar-refractivity contribution in [2.24, 2.45) is 0 Å². The zero-order valence-corrected chi connectivity index (χ0v) is 15.1. The summed E-state index contributed by atoms with van der Waals surface area (Å²) in [6.45, 7) is 2.87. The van der Waals surface area contributed by atoms with Gasteiger partial charge in [-0.3, -0.25) is 9.48 Å². The van der Waals surface area contributed by atoms with Gasteiger partial charge in [0.2, 0.25) is 5.91 Å². The number of rotatable bonds is 4. The maximum absolute atomic E-state index is 12.0. The molecule has 0 radical (unpaired) electrons. The Balaban J connectivity index is 1.58. The van der Waals surface area contributed by atoms with Crippen molar-refractivity contribution in [2.75, 3.05) is 0 Å². The van der Waals surface area contributed by atoms with Crippen LogP contribution in [-0.4, -0.2) is 21.7 Å². The minimum Gasteiger partial charge on any atom is -0.346 e. The van der Waals surface area contributed by atoms with Crippen LogP contribution in [0.15, 0.2) is 30.5 Å². The third-order valence-corrected chi connectivity index (χ3v) is 5.60. The van der Waals surface area contributed by atoms with E-state index in [2.05, 4.69) is 34.8 Å². The molecule has 1 aromatic carbocycles. The summed E-state index contributed by atoms with van der Waals surface area (Å²) in [5.41, 5.74) is 3.74. The van der Waals surface area contributed by atoms with Gasteiger partial charge >= 0.3 is 0 Å². The van der Waals surface area contributed by atoms with Crippen LogP contribution in [0.5, 0.6) is 0 Å². The maximum atomic E-state index is 12.0. The molecule has 0 spiro atoms. The average Bonchev–Trinajstić information content (AvgIpc) is 3.23. The van der Waals surface area contributed by atoms with E-state index < -0.39 is 0 Å². The van der Waals surface area contributed by atoms with Gasteiger partial charge in [0.25, 0.3) is 0 Å². The number of carbonyl (C=O) groups is 1. The van der Waals surface area contributed by atoms with Crippen LogP contribution in [-0.2, 0) is 17.8 Å². The molecule has 1 saturated heterocycles. The van der Waals surface area contributed by atoms with Crippen LogP contribution in [0.4, 0.5) is 0 Å². The molecule has 0 bridgehead atoms. The van der Waals surface area contributed by atoms with Crippen molar-refractivity contribution in [3.05, 3.63) is 52.3 Å². The fourth-order valence-corrected chi connectivity index (χ4v) is 4.34.